The van der Waals surface area contributed by atoms with Crippen molar-refractivity contribution < 1.29 is 8.42 Å². The number of pyridine rings is 1. The highest BCUT2D eigenvalue weighted by atomic mass is 32.2. The van der Waals surface area contributed by atoms with Crippen LogP contribution in [0.4, 0.5) is 0 Å². The van der Waals surface area contributed by atoms with E-state index in [9.17, 15) is 8.42 Å². The maximum atomic E-state index is 11.9. The van der Waals surface area contributed by atoms with Crippen molar-refractivity contribution in [3.63, 3.8) is 0 Å². The molecule has 2 heterocycles. The molecule has 19 heavy (non-hydrogen) atoms. The first kappa shape index (κ1) is 13.6. The van der Waals surface area contributed by atoms with E-state index in [1.165, 1.54) is 23.1 Å². The molecule has 0 atom stereocenters. The Bertz CT molecular complexity index is 608. The third-order valence-electron chi connectivity index (χ3n) is 2.42. The molecule has 0 spiro atoms. The zero-order chi connectivity index (χ0) is 13.7. The lowest BCUT2D eigenvalue weighted by Crippen LogP contribution is -2.27. The summed E-state index contributed by atoms with van der Waals surface area (Å²) < 4.78 is 27.9. The summed E-state index contributed by atoms with van der Waals surface area (Å²) in [6, 6.07) is 3.07. The van der Waals surface area contributed by atoms with E-state index in [2.05, 4.69) is 20.0 Å². The van der Waals surface area contributed by atoms with E-state index in [0.717, 1.165) is 0 Å². The second-order valence-electron chi connectivity index (χ2n) is 3.75. The van der Waals surface area contributed by atoms with Crippen LogP contribution in [0.25, 0.3) is 0 Å². The van der Waals surface area contributed by atoms with Crippen LogP contribution >= 0.6 is 0 Å². The smallest absolute Gasteiger partial charge is 0.242 e. The molecule has 2 aromatic heterocycles. The Labute approximate surface area is 110 Å². The molecule has 0 saturated carbocycles. The van der Waals surface area contributed by atoms with Crippen molar-refractivity contribution in [2.45, 2.75) is 18.0 Å². The van der Waals surface area contributed by atoms with Crippen molar-refractivity contribution >= 4 is 10.0 Å². The summed E-state index contributed by atoms with van der Waals surface area (Å²) in [5.74, 6) is 0. The predicted octanol–water partition coefficient (Wildman–Crippen LogP) is -0.890. The molecule has 0 aliphatic heterocycles. The van der Waals surface area contributed by atoms with E-state index in [1.54, 1.807) is 12.3 Å². The van der Waals surface area contributed by atoms with Gasteiger partial charge in [0.15, 0.2) is 0 Å². The molecule has 0 amide bonds. The average Bonchev–Trinajstić information content (AvgIpc) is 2.92. The molecule has 2 aromatic rings. The highest BCUT2D eigenvalue weighted by molar-refractivity contribution is 7.89. The summed E-state index contributed by atoms with van der Waals surface area (Å²) in [5.41, 5.74) is 6.04. The summed E-state index contributed by atoms with van der Waals surface area (Å²) in [6.07, 6.45) is 4.48. The van der Waals surface area contributed by atoms with E-state index < -0.39 is 10.0 Å². The highest BCUT2D eigenvalue weighted by Gasteiger charge is 2.13. The van der Waals surface area contributed by atoms with Crippen LogP contribution in [0.1, 0.15) is 5.69 Å². The number of nitrogens with zero attached hydrogens (tertiary/aromatic N) is 4. The summed E-state index contributed by atoms with van der Waals surface area (Å²) in [5, 5.41) is 7.37. The minimum atomic E-state index is -3.55. The monoisotopic (exact) mass is 282 g/mol. The Kier molecular flexibility index (Phi) is 4.20. The van der Waals surface area contributed by atoms with Crippen molar-refractivity contribution in [2.75, 3.05) is 6.54 Å². The quantitative estimate of drug-likeness (QED) is 0.710. The molecular formula is C10H14N6O2S. The molecule has 0 aliphatic carbocycles. The van der Waals surface area contributed by atoms with Gasteiger partial charge in [0.25, 0.3) is 0 Å². The fraction of sp³-hybridized carbons (Fsp3) is 0.300. The largest absolute Gasteiger partial charge is 0.325 e. The number of sulfonamides is 1. The molecule has 0 radical (unpaired) electrons. The maximum absolute atomic E-state index is 11.9. The number of hydrogen-bond donors (Lipinski definition) is 2. The van der Waals surface area contributed by atoms with Gasteiger partial charge >= 0.3 is 0 Å². The summed E-state index contributed by atoms with van der Waals surface area (Å²) in [4.78, 5) is 4.06. The average molecular weight is 282 g/mol. The standard InChI is InChI=1S/C10H14N6O2S/c11-7-9-1-2-10(8-12-9)19(17,18)14-4-6-16-5-3-13-15-16/h1-3,5,8,14H,4,6-7,11H2. The van der Waals surface area contributed by atoms with Crippen molar-refractivity contribution in [3.05, 3.63) is 36.4 Å². The van der Waals surface area contributed by atoms with Crippen LogP contribution in [0.15, 0.2) is 35.6 Å². The molecule has 0 aliphatic rings. The zero-order valence-corrected chi connectivity index (χ0v) is 10.9. The van der Waals surface area contributed by atoms with Gasteiger partial charge in [-0.2, -0.15) is 0 Å². The van der Waals surface area contributed by atoms with Crippen LogP contribution < -0.4 is 10.5 Å². The first-order valence-electron chi connectivity index (χ1n) is 5.60. The number of rotatable bonds is 6. The van der Waals surface area contributed by atoms with Crippen LogP contribution in [0.2, 0.25) is 0 Å². The van der Waals surface area contributed by atoms with Crippen LogP contribution in [-0.2, 0) is 23.1 Å². The third-order valence-corrected chi connectivity index (χ3v) is 3.87. The van der Waals surface area contributed by atoms with Gasteiger partial charge in [-0.15, -0.1) is 5.10 Å². The van der Waals surface area contributed by atoms with Gasteiger partial charge in [-0.3, -0.25) is 9.67 Å². The number of hydrogen-bond acceptors (Lipinski definition) is 6. The Balaban J connectivity index is 1.97. The van der Waals surface area contributed by atoms with Crippen LogP contribution in [0.5, 0.6) is 0 Å². The van der Waals surface area contributed by atoms with Crippen molar-refractivity contribution in [1.82, 2.24) is 24.7 Å². The van der Waals surface area contributed by atoms with Crippen LogP contribution in [-0.4, -0.2) is 34.9 Å². The van der Waals surface area contributed by atoms with Gasteiger partial charge in [0.2, 0.25) is 10.0 Å². The Hall–Kier alpha value is -1.84. The van der Waals surface area contributed by atoms with Crippen LogP contribution in [0, 0.1) is 0 Å². The topological polar surface area (TPSA) is 116 Å². The summed E-state index contributed by atoms with van der Waals surface area (Å²) >= 11 is 0. The molecule has 0 fully saturated rings. The Morgan fingerprint density at radius 1 is 1.37 bits per heavy atom. The number of nitrogens with one attached hydrogen (secondary N) is 1. The molecule has 0 aromatic carbocycles. The lowest BCUT2D eigenvalue weighted by Gasteiger charge is -2.06. The van der Waals surface area contributed by atoms with Gasteiger partial charge in [0, 0.05) is 25.5 Å². The van der Waals surface area contributed by atoms with E-state index in [1.807, 2.05) is 0 Å². The third kappa shape index (κ3) is 3.56. The second-order valence-corrected chi connectivity index (χ2v) is 5.52. The van der Waals surface area contributed by atoms with E-state index >= 15 is 0 Å². The van der Waals surface area contributed by atoms with Crippen molar-refractivity contribution in [1.29, 1.82) is 0 Å². The number of aromatic nitrogens is 4. The van der Waals surface area contributed by atoms with Gasteiger partial charge in [-0.25, -0.2) is 13.1 Å². The Morgan fingerprint density at radius 3 is 2.79 bits per heavy atom. The molecule has 9 heteroatoms. The summed E-state index contributed by atoms with van der Waals surface area (Å²) in [7, 11) is -3.55. The van der Waals surface area contributed by atoms with Gasteiger partial charge in [-0.05, 0) is 12.1 Å². The number of nitrogens with two attached hydrogens (primary N) is 1. The van der Waals surface area contributed by atoms with Crippen molar-refractivity contribution in [3.8, 4) is 0 Å². The second kappa shape index (κ2) is 5.87. The molecule has 0 unspecified atom stereocenters. The lowest BCUT2D eigenvalue weighted by molar-refractivity contribution is 0.552. The van der Waals surface area contributed by atoms with E-state index in [-0.39, 0.29) is 18.0 Å². The molecular weight excluding hydrogens is 268 g/mol. The van der Waals surface area contributed by atoms with Gasteiger partial charge in [0.1, 0.15) is 4.90 Å². The fourth-order valence-corrected chi connectivity index (χ4v) is 2.39. The fourth-order valence-electron chi connectivity index (χ4n) is 1.42. The van der Waals surface area contributed by atoms with Gasteiger partial charge in [0.05, 0.1) is 18.4 Å². The molecule has 0 bridgehead atoms. The minimum Gasteiger partial charge on any atom is -0.325 e. The zero-order valence-electron chi connectivity index (χ0n) is 10.1. The lowest BCUT2D eigenvalue weighted by atomic mass is 10.4. The van der Waals surface area contributed by atoms with Crippen LogP contribution in [0.3, 0.4) is 0 Å². The first-order chi connectivity index (χ1) is 9.12. The first-order valence-corrected chi connectivity index (χ1v) is 7.09. The maximum Gasteiger partial charge on any atom is 0.242 e. The van der Waals surface area contributed by atoms with Gasteiger partial charge in [-0.1, -0.05) is 5.21 Å². The summed E-state index contributed by atoms with van der Waals surface area (Å²) in [6.45, 7) is 0.915. The molecule has 3 N–H and O–H groups in total. The van der Waals surface area contributed by atoms with Crippen molar-refractivity contribution in [2.24, 2.45) is 5.73 Å². The van der Waals surface area contributed by atoms with E-state index in [0.29, 0.717) is 12.2 Å². The normalized spacial score (nSPS) is 11.6. The van der Waals surface area contributed by atoms with Gasteiger partial charge < -0.3 is 5.73 Å². The SMILES string of the molecule is NCc1ccc(S(=O)(=O)NCCn2ccnn2)cn1. The Morgan fingerprint density at radius 2 is 2.21 bits per heavy atom. The molecule has 8 nitrogen and oxygen atoms in total. The molecule has 2 rings (SSSR count). The highest BCUT2D eigenvalue weighted by Crippen LogP contribution is 2.07. The molecule has 0 saturated heterocycles. The van der Waals surface area contributed by atoms with E-state index in [4.69, 9.17) is 5.73 Å². The molecule has 102 valence electrons. The minimum absolute atomic E-state index is 0.114. The predicted molar refractivity (Wildman–Crippen MR) is 67.3 cm³/mol.